The molecule has 0 spiro atoms. The summed E-state index contributed by atoms with van der Waals surface area (Å²) in [7, 11) is 0. The second-order valence-electron chi connectivity index (χ2n) is 5.26. The molecule has 2 heterocycles. The maximum Gasteiger partial charge on any atom is 0.335 e. The van der Waals surface area contributed by atoms with Crippen LogP contribution in [0.5, 0.6) is 0 Å². The van der Waals surface area contributed by atoms with Gasteiger partial charge in [0.2, 0.25) is 11.4 Å². The largest absolute Gasteiger partial charge is 0.365 e. The van der Waals surface area contributed by atoms with Gasteiger partial charge in [-0.05, 0) is 6.92 Å². The number of urea groups is 1. The number of carbonyl (C=O) groups is 2. The Morgan fingerprint density at radius 3 is 2.37 bits per heavy atom. The molecule has 0 aromatic carbocycles. The highest BCUT2D eigenvalue weighted by Crippen LogP contribution is 2.32. The minimum absolute atomic E-state index is 0.204. The first kappa shape index (κ1) is 13.9. The van der Waals surface area contributed by atoms with Crippen molar-refractivity contribution in [1.29, 1.82) is 0 Å². The summed E-state index contributed by atoms with van der Waals surface area (Å²) in [6.45, 7) is 7.86. The Hall–Kier alpha value is -1.54. The summed E-state index contributed by atoms with van der Waals surface area (Å²) in [6.07, 6.45) is -1.43. The normalized spacial score (nSPS) is 20.6. The molecule has 1 N–H and O–H groups in total. The first-order valence-electron chi connectivity index (χ1n) is 5.94. The van der Waals surface area contributed by atoms with E-state index in [9.17, 15) is 14.7 Å². The third kappa shape index (κ3) is 2.21. The van der Waals surface area contributed by atoms with Gasteiger partial charge in [0.1, 0.15) is 5.01 Å². The van der Waals surface area contributed by atoms with Gasteiger partial charge in [0.05, 0.1) is 0 Å². The van der Waals surface area contributed by atoms with Gasteiger partial charge in [-0.1, -0.05) is 32.1 Å². The lowest BCUT2D eigenvalue weighted by Crippen LogP contribution is -2.34. The predicted molar refractivity (Wildman–Crippen MR) is 69.9 cm³/mol. The van der Waals surface area contributed by atoms with E-state index in [2.05, 4.69) is 10.2 Å². The van der Waals surface area contributed by atoms with Crippen LogP contribution in [0.4, 0.5) is 9.93 Å². The Morgan fingerprint density at radius 2 is 1.95 bits per heavy atom. The van der Waals surface area contributed by atoms with Crippen LogP contribution in [0.1, 0.15) is 32.7 Å². The molecule has 0 radical (unpaired) electrons. The number of aromatic nitrogens is 2. The van der Waals surface area contributed by atoms with Crippen molar-refractivity contribution in [1.82, 2.24) is 15.1 Å². The minimum atomic E-state index is -1.43. The number of rotatable bonds is 2. The lowest BCUT2D eigenvalue weighted by molar-refractivity contribution is -0.128. The molecule has 0 saturated carbocycles. The molecule has 1 unspecified atom stereocenters. The Balaban J connectivity index is 2.35. The lowest BCUT2D eigenvalue weighted by atomic mass is 9.98. The molecule has 8 heteroatoms. The third-order valence-corrected chi connectivity index (χ3v) is 4.10. The van der Waals surface area contributed by atoms with Crippen LogP contribution >= 0.6 is 11.3 Å². The van der Waals surface area contributed by atoms with Crippen LogP contribution in [-0.4, -0.2) is 44.9 Å². The monoisotopic (exact) mass is 284 g/mol. The molecule has 1 aromatic heterocycles. The van der Waals surface area contributed by atoms with Gasteiger partial charge < -0.3 is 5.11 Å². The van der Waals surface area contributed by atoms with Crippen LogP contribution in [-0.2, 0) is 10.2 Å². The zero-order valence-corrected chi connectivity index (χ0v) is 12.1. The van der Waals surface area contributed by atoms with E-state index in [0.717, 1.165) is 14.8 Å². The van der Waals surface area contributed by atoms with Gasteiger partial charge in [-0.15, -0.1) is 10.2 Å². The maximum atomic E-state index is 12.0. The molecule has 1 atom stereocenters. The average Bonchev–Trinajstić information content (AvgIpc) is 2.85. The van der Waals surface area contributed by atoms with E-state index in [-0.39, 0.29) is 17.1 Å². The maximum absolute atomic E-state index is 12.0. The Kier molecular flexibility index (Phi) is 3.31. The standard InChI is InChI=1S/C11H16N4O3S/c1-5-14-6(16)7(17)15(10(14)18)9-13-12-8(19-9)11(2,3)4/h6,16H,5H2,1-4H3. The van der Waals surface area contributed by atoms with E-state index in [1.54, 1.807) is 6.92 Å². The zero-order chi connectivity index (χ0) is 14.4. The van der Waals surface area contributed by atoms with E-state index in [1.807, 2.05) is 20.8 Å². The number of anilines is 1. The molecule has 0 aliphatic carbocycles. The van der Waals surface area contributed by atoms with Crippen molar-refractivity contribution in [2.75, 3.05) is 11.4 Å². The minimum Gasteiger partial charge on any atom is -0.365 e. The summed E-state index contributed by atoms with van der Waals surface area (Å²) in [4.78, 5) is 25.9. The fourth-order valence-corrected chi connectivity index (χ4v) is 2.57. The summed E-state index contributed by atoms with van der Waals surface area (Å²) in [5.74, 6) is -0.677. The van der Waals surface area contributed by atoms with Crippen LogP contribution < -0.4 is 4.90 Å². The van der Waals surface area contributed by atoms with Gasteiger partial charge in [0, 0.05) is 12.0 Å². The van der Waals surface area contributed by atoms with E-state index < -0.39 is 18.2 Å². The Labute approximate surface area is 114 Å². The number of hydrogen-bond acceptors (Lipinski definition) is 6. The summed E-state index contributed by atoms with van der Waals surface area (Å²) in [5.41, 5.74) is -0.204. The van der Waals surface area contributed by atoms with E-state index in [1.165, 1.54) is 11.3 Å². The highest BCUT2D eigenvalue weighted by atomic mass is 32.1. The van der Waals surface area contributed by atoms with Crippen molar-refractivity contribution in [2.24, 2.45) is 0 Å². The molecule has 1 aromatic rings. The van der Waals surface area contributed by atoms with Crippen LogP contribution in [0.3, 0.4) is 0 Å². The van der Waals surface area contributed by atoms with Crippen LogP contribution in [0.15, 0.2) is 0 Å². The molecule has 1 aliphatic rings. The molecule has 19 heavy (non-hydrogen) atoms. The molecule has 104 valence electrons. The first-order valence-corrected chi connectivity index (χ1v) is 6.75. The highest BCUT2D eigenvalue weighted by Gasteiger charge is 2.46. The van der Waals surface area contributed by atoms with E-state index >= 15 is 0 Å². The topological polar surface area (TPSA) is 86.6 Å². The number of carbonyl (C=O) groups excluding carboxylic acids is 2. The SMILES string of the molecule is CCN1C(=O)N(c2nnc(C(C)(C)C)s2)C(=O)C1O. The van der Waals surface area contributed by atoms with Crippen molar-refractivity contribution >= 4 is 28.4 Å². The molecule has 3 amide bonds. The van der Waals surface area contributed by atoms with Gasteiger partial charge in [0.15, 0.2) is 0 Å². The molecule has 1 fully saturated rings. The van der Waals surface area contributed by atoms with Crippen molar-refractivity contribution in [3.8, 4) is 0 Å². The molecular weight excluding hydrogens is 268 g/mol. The van der Waals surface area contributed by atoms with E-state index in [4.69, 9.17) is 0 Å². The summed E-state index contributed by atoms with van der Waals surface area (Å²) >= 11 is 1.18. The molecule has 1 aliphatic heterocycles. The summed E-state index contributed by atoms with van der Waals surface area (Å²) in [6, 6.07) is -0.559. The third-order valence-electron chi connectivity index (χ3n) is 2.76. The van der Waals surface area contributed by atoms with Gasteiger partial charge in [-0.3, -0.25) is 9.69 Å². The molecule has 7 nitrogen and oxygen atoms in total. The smallest absolute Gasteiger partial charge is 0.335 e. The summed E-state index contributed by atoms with van der Waals surface area (Å²) < 4.78 is 0. The second-order valence-corrected chi connectivity index (χ2v) is 6.21. The number of aliphatic hydroxyl groups excluding tert-OH is 1. The first-order chi connectivity index (χ1) is 8.77. The van der Waals surface area contributed by atoms with Crippen LogP contribution in [0.25, 0.3) is 0 Å². The van der Waals surface area contributed by atoms with Crippen LogP contribution in [0.2, 0.25) is 0 Å². The number of nitrogens with zero attached hydrogens (tertiary/aromatic N) is 4. The fraction of sp³-hybridized carbons (Fsp3) is 0.636. The number of amides is 3. The predicted octanol–water partition coefficient (Wildman–Crippen LogP) is 0.942. The number of hydrogen-bond donors (Lipinski definition) is 1. The van der Waals surface area contributed by atoms with Crippen molar-refractivity contribution in [3.05, 3.63) is 5.01 Å². The number of imide groups is 1. The highest BCUT2D eigenvalue weighted by molar-refractivity contribution is 7.15. The van der Waals surface area contributed by atoms with Crippen LogP contribution in [0, 0.1) is 0 Å². The lowest BCUT2D eigenvalue weighted by Gasteiger charge is -2.14. The number of likely N-dealkylation sites (N-methyl/N-ethyl adjacent to an activating group) is 1. The summed E-state index contributed by atoms with van der Waals surface area (Å²) in [5, 5.41) is 18.5. The van der Waals surface area contributed by atoms with Gasteiger partial charge in [-0.25, -0.2) is 9.69 Å². The Morgan fingerprint density at radius 1 is 1.32 bits per heavy atom. The zero-order valence-electron chi connectivity index (χ0n) is 11.2. The van der Waals surface area contributed by atoms with Crippen molar-refractivity contribution < 1.29 is 14.7 Å². The van der Waals surface area contributed by atoms with Gasteiger partial charge in [-0.2, -0.15) is 0 Å². The molecular formula is C11H16N4O3S. The fourth-order valence-electron chi connectivity index (χ4n) is 1.67. The number of aliphatic hydroxyl groups is 1. The van der Waals surface area contributed by atoms with Gasteiger partial charge in [0.25, 0.3) is 5.91 Å². The quantitative estimate of drug-likeness (QED) is 0.817. The second kappa shape index (κ2) is 4.53. The van der Waals surface area contributed by atoms with Gasteiger partial charge >= 0.3 is 6.03 Å². The van der Waals surface area contributed by atoms with E-state index in [0.29, 0.717) is 0 Å². The average molecular weight is 284 g/mol. The van der Waals surface area contributed by atoms with Crippen molar-refractivity contribution in [2.45, 2.75) is 39.3 Å². The molecule has 1 saturated heterocycles. The van der Waals surface area contributed by atoms with Crippen molar-refractivity contribution in [3.63, 3.8) is 0 Å². The molecule has 0 bridgehead atoms. The Bertz CT molecular complexity index is 522. The molecule has 2 rings (SSSR count).